The predicted octanol–water partition coefficient (Wildman–Crippen LogP) is 4.58. The molecule has 2 aliphatic rings. The van der Waals surface area contributed by atoms with Crippen LogP contribution in [0.5, 0.6) is 5.75 Å². The maximum atomic E-state index is 6.07. The lowest BCUT2D eigenvalue weighted by Crippen LogP contribution is -2.41. The first-order valence-electron chi connectivity index (χ1n) is 11.4. The molecule has 0 aromatic heterocycles. The van der Waals surface area contributed by atoms with Crippen molar-refractivity contribution in [1.29, 1.82) is 0 Å². The van der Waals surface area contributed by atoms with Crippen molar-refractivity contribution < 1.29 is 14.2 Å². The number of halogens is 1. The van der Waals surface area contributed by atoms with E-state index in [1.807, 2.05) is 12.1 Å². The lowest BCUT2D eigenvalue weighted by Gasteiger charge is -2.28. The number of hydrogen-bond acceptors (Lipinski definition) is 4. The lowest BCUT2D eigenvalue weighted by molar-refractivity contribution is -0.0390. The molecule has 2 heterocycles. The summed E-state index contributed by atoms with van der Waals surface area (Å²) in [6.45, 7) is 6.47. The topological polar surface area (TPSA) is 64.1 Å². The number of hydrogen-bond donors (Lipinski definition) is 2. The highest BCUT2D eigenvalue weighted by atomic mass is 127. The van der Waals surface area contributed by atoms with E-state index in [1.165, 1.54) is 16.7 Å². The van der Waals surface area contributed by atoms with E-state index in [2.05, 4.69) is 54.0 Å². The van der Waals surface area contributed by atoms with E-state index in [4.69, 9.17) is 19.2 Å². The first kappa shape index (κ1) is 24.8. The number of fused-ring (bicyclic) bond motifs is 1. The van der Waals surface area contributed by atoms with Gasteiger partial charge in [0.15, 0.2) is 5.96 Å². The van der Waals surface area contributed by atoms with E-state index < -0.39 is 0 Å². The first-order valence-corrected chi connectivity index (χ1v) is 11.4. The van der Waals surface area contributed by atoms with Gasteiger partial charge in [-0.15, -0.1) is 24.0 Å². The van der Waals surface area contributed by atoms with Crippen molar-refractivity contribution in [3.8, 4) is 5.75 Å². The molecule has 1 saturated heterocycles. The van der Waals surface area contributed by atoms with Gasteiger partial charge in [-0.2, -0.15) is 0 Å². The fraction of sp³-hybridized carbons (Fsp3) is 0.480. The Morgan fingerprint density at radius 3 is 2.69 bits per heavy atom. The van der Waals surface area contributed by atoms with Crippen molar-refractivity contribution in [3.05, 3.63) is 65.2 Å². The highest BCUT2D eigenvalue weighted by Crippen LogP contribution is 2.31. The molecule has 0 radical (unpaired) electrons. The summed E-state index contributed by atoms with van der Waals surface area (Å²) in [7, 11) is 0. The molecule has 174 valence electrons. The van der Waals surface area contributed by atoms with Gasteiger partial charge in [-0.05, 0) is 37.0 Å². The molecule has 1 unspecified atom stereocenters. The Morgan fingerprint density at radius 1 is 1.03 bits per heavy atom. The van der Waals surface area contributed by atoms with Crippen LogP contribution in [0.4, 0.5) is 0 Å². The van der Waals surface area contributed by atoms with Crippen LogP contribution in [0.1, 0.15) is 48.9 Å². The van der Waals surface area contributed by atoms with Crippen molar-refractivity contribution in [1.82, 2.24) is 10.6 Å². The quantitative estimate of drug-likeness (QED) is 0.300. The van der Waals surface area contributed by atoms with Gasteiger partial charge in [-0.3, -0.25) is 0 Å². The molecule has 0 spiro atoms. The van der Waals surface area contributed by atoms with Crippen LogP contribution in [0, 0.1) is 0 Å². The van der Waals surface area contributed by atoms with Gasteiger partial charge in [0, 0.05) is 31.7 Å². The van der Waals surface area contributed by atoms with E-state index >= 15 is 0 Å². The molecule has 2 N–H and O–H groups in total. The average molecular weight is 551 g/mol. The van der Waals surface area contributed by atoms with Gasteiger partial charge in [0.2, 0.25) is 0 Å². The predicted molar refractivity (Wildman–Crippen MR) is 138 cm³/mol. The highest BCUT2D eigenvalue weighted by molar-refractivity contribution is 14.0. The fourth-order valence-electron chi connectivity index (χ4n) is 4.02. The second-order valence-corrected chi connectivity index (χ2v) is 8.01. The third-order valence-electron chi connectivity index (χ3n) is 5.68. The summed E-state index contributed by atoms with van der Waals surface area (Å²) in [6.07, 6.45) is 3.19. The summed E-state index contributed by atoms with van der Waals surface area (Å²) in [5.74, 6) is 1.78. The maximum Gasteiger partial charge on any atom is 0.192 e. The molecule has 2 aromatic rings. The lowest BCUT2D eigenvalue weighted by atomic mass is 10.0. The van der Waals surface area contributed by atoms with Crippen LogP contribution in [0.15, 0.2) is 53.5 Å². The van der Waals surface area contributed by atoms with Gasteiger partial charge in [-0.1, -0.05) is 42.5 Å². The molecule has 2 aliphatic heterocycles. The summed E-state index contributed by atoms with van der Waals surface area (Å²) >= 11 is 0. The Morgan fingerprint density at radius 2 is 1.84 bits per heavy atom. The minimum Gasteiger partial charge on any atom is -0.493 e. The minimum absolute atomic E-state index is 0. The van der Waals surface area contributed by atoms with Crippen LogP contribution in [0.2, 0.25) is 0 Å². The monoisotopic (exact) mass is 551 g/mol. The third-order valence-corrected chi connectivity index (χ3v) is 5.68. The largest absolute Gasteiger partial charge is 0.493 e. The first-order chi connectivity index (χ1) is 15.3. The molecule has 1 atom stereocenters. The van der Waals surface area contributed by atoms with Gasteiger partial charge in [0.05, 0.1) is 31.9 Å². The molecule has 6 nitrogen and oxygen atoms in total. The summed E-state index contributed by atoms with van der Waals surface area (Å²) in [5.41, 5.74) is 3.56. The molecule has 0 saturated carbocycles. The second kappa shape index (κ2) is 13.0. The Balaban J connectivity index is 0.00000289. The standard InChI is InChI=1S/C25H33N3O3.HI/c1-2-26-25(28-23-12-15-30-24-9-4-3-8-22(23)24)27-17-19-6-5-7-20(16-19)18-31-21-10-13-29-14-11-21;/h3-9,16,21,23H,2,10-15,17-18H2,1H3,(H2,26,27,28);1H. The van der Waals surface area contributed by atoms with Crippen molar-refractivity contribution in [2.45, 2.75) is 51.5 Å². The molecule has 0 amide bonds. The zero-order valence-electron chi connectivity index (χ0n) is 18.7. The van der Waals surface area contributed by atoms with Crippen LogP contribution in [-0.4, -0.2) is 38.4 Å². The third kappa shape index (κ3) is 7.08. The Bertz CT molecular complexity index is 871. The number of ether oxygens (including phenoxy) is 3. The highest BCUT2D eigenvalue weighted by Gasteiger charge is 2.21. The molecular weight excluding hydrogens is 517 g/mol. The fourth-order valence-corrected chi connectivity index (χ4v) is 4.02. The minimum atomic E-state index is 0. The SMILES string of the molecule is CCNC(=NCc1cccc(COC2CCOCC2)c1)NC1CCOc2ccccc21.I. The van der Waals surface area contributed by atoms with Crippen LogP contribution >= 0.6 is 24.0 Å². The van der Waals surface area contributed by atoms with Gasteiger partial charge < -0.3 is 24.8 Å². The van der Waals surface area contributed by atoms with Crippen LogP contribution in [-0.2, 0) is 22.6 Å². The van der Waals surface area contributed by atoms with E-state index in [0.717, 1.165) is 50.7 Å². The van der Waals surface area contributed by atoms with Crippen molar-refractivity contribution in [3.63, 3.8) is 0 Å². The van der Waals surface area contributed by atoms with Crippen LogP contribution in [0.3, 0.4) is 0 Å². The molecule has 4 rings (SSSR count). The Kier molecular flexibility index (Phi) is 10.1. The number of para-hydroxylation sites is 1. The average Bonchev–Trinajstić information content (AvgIpc) is 2.82. The zero-order valence-corrected chi connectivity index (χ0v) is 21.0. The normalized spacial score (nSPS) is 18.8. The molecule has 0 aliphatic carbocycles. The number of nitrogens with zero attached hydrogens (tertiary/aromatic N) is 1. The molecule has 2 aromatic carbocycles. The van der Waals surface area contributed by atoms with Gasteiger partial charge >= 0.3 is 0 Å². The number of rotatable bonds is 7. The van der Waals surface area contributed by atoms with Crippen molar-refractivity contribution in [2.75, 3.05) is 26.4 Å². The van der Waals surface area contributed by atoms with Gasteiger partial charge in [0.25, 0.3) is 0 Å². The van der Waals surface area contributed by atoms with Crippen LogP contribution in [0.25, 0.3) is 0 Å². The van der Waals surface area contributed by atoms with Crippen molar-refractivity contribution >= 4 is 29.9 Å². The molecule has 32 heavy (non-hydrogen) atoms. The van der Waals surface area contributed by atoms with E-state index in [-0.39, 0.29) is 30.0 Å². The summed E-state index contributed by atoms with van der Waals surface area (Å²) in [4.78, 5) is 4.84. The molecule has 0 bridgehead atoms. The van der Waals surface area contributed by atoms with E-state index in [0.29, 0.717) is 25.9 Å². The molecule has 7 heteroatoms. The van der Waals surface area contributed by atoms with Crippen molar-refractivity contribution in [2.24, 2.45) is 4.99 Å². The maximum absolute atomic E-state index is 6.07. The number of guanidine groups is 1. The Labute approximate surface area is 208 Å². The number of benzene rings is 2. The summed E-state index contributed by atoms with van der Waals surface area (Å²) < 4.78 is 17.3. The van der Waals surface area contributed by atoms with E-state index in [1.54, 1.807) is 0 Å². The van der Waals surface area contributed by atoms with Gasteiger partial charge in [0.1, 0.15) is 5.75 Å². The second-order valence-electron chi connectivity index (χ2n) is 8.01. The zero-order chi connectivity index (χ0) is 21.3. The van der Waals surface area contributed by atoms with Gasteiger partial charge in [-0.25, -0.2) is 4.99 Å². The number of nitrogens with one attached hydrogen (secondary N) is 2. The Hall–Kier alpha value is -1.84. The summed E-state index contributed by atoms with van der Waals surface area (Å²) in [5, 5.41) is 6.96. The smallest absolute Gasteiger partial charge is 0.192 e. The molecular formula is C25H34IN3O3. The number of aliphatic imine (C=N–C) groups is 1. The van der Waals surface area contributed by atoms with E-state index in [9.17, 15) is 0 Å². The van der Waals surface area contributed by atoms with Crippen LogP contribution < -0.4 is 15.4 Å². The molecule has 1 fully saturated rings. The summed E-state index contributed by atoms with van der Waals surface area (Å²) in [6, 6.07) is 16.9.